The number of phenolic OH excluding ortho intramolecular Hbond substituents is 1. The lowest BCUT2D eigenvalue weighted by Crippen LogP contribution is -2.23. The highest BCUT2D eigenvalue weighted by Crippen LogP contribution is 2.14. The predicted molar refractivity (Wildman–Crippen MR) is 73.3 cm³/mol. The number of hydrogen-bond acceptors (Lipinski definition) is 3. The number of aryl methyl sites for hydroxylation is 1. The number of phenols is 1. The van der Waals surface area contributed by atoms with Gasteiger partial charge in [-0.1, -0.05) is 29.8 Å². The molecule has 2 aromatic rings. The zero-order valence-electron chi connectivity index (χ0n) is 10.5. The normalized spacial score (nSPS) is 11.4. The fraction of sp³-hybridized carbons (Fsp3) is 0.143. The van der Waals surface area contributed by atoms with Crippen molar-refractivity contribution in [3.05, 3.63) is 59.7 Å². The third-order valence-corrected chi connectivity index (χ3v) is 4.15. The van der Waals surface area contributed by atoms with Crippen molar-refractivity contribution >= 4 is 10.0 Å². The smallest absolute Gasteiger partial charge is 0.240 e. The molecule has 100 valence electrons. The monoisotopic (exact) mass is 277 g/mol. The highest BCUT2D eigenvalue weighted by atomic mass is 32.2. The maximum Gasteiger partial charge on any atom is 0.240 e. The third-order valence-electron chi connectivity index (χ3n) is 2.73. The van der Waals surface area contributed by atoms with Crippen molar-refractivity contribution < 1.29 is 13.5 Å². The summed E-state index contributed by atoms with van der Waals surface area (Å²) in [7, 11) is -3.55. The van der Waals surface area contributed by atoms with Crippen molar-refractivity contribution in [1.82, 2.24) is 4.72 Å². The van der Waals surface area contributed by atoms with Gasteiger partial charge >= 0.3 is 0 Å². The highest BCUT2D eigenvalue weighted by molar-refractivity contribution is 7.89. The second-order valence-corrected chi connectivity index (χ2v) is 6.07. The van der Waals surface area contributed by atoms with E-state index in [9.17, 15) is 8.42 Å². The summed E-state index contributed by atoms with van der Waals surface area (Å²) in [6.45, 7) is 2.22. The van der Waals surface area contributed by atoms with Gasteiger partial charge in [0.1, 0.15) is 5.75 Å². The Bertz CT molecular complexity index is 646. The summed E-state index contributed by atoms with van der Waals surface area (Å²) in [5.41, 5.74) is 2.03. The van der Waals surface area contributed by atoms with E-state index in [4.69, 9.17) is 5.11 Å². The standard InChI is InChI=1S/C14H15NO3S/c1-11-2-4-12(5-3-11)10-15-19(17,18)14-8-6-13(16)7-9-14/h2-9,15-16H,10H2,1H3. The van der Waals surface area contributed by atoms with Crippen LogP contribution in [-0.2, 0) is 16.6 Å². The molecule has 2 N–H and O–H groups in total. The van der Waals surface area contributed by atoms with E-state index in [1.165, 1.54) is 24.3 Å². The van der Waals surface area contributed by atoms with Gasteiger partial charge in [-0.05, 0) is 36.8 Å². The molecule has 0 fully saturated rings. The number of sulfonamides is 1. The number of rotatable bonds is 4. The van der Waals surface area contributed by atoms with Crippen LogP contribution in [0.5, 0.6) is 5.75 Å². The molecule has 0 amide bonds. The molecule has 4 nitrogen and oxygen atoms in total. The fourth-order valence-corrected chi connectivity index (χ4v) is 2.61. The van der Waals surface area contributed by atoms with Crippen LogP contribution in [0.4, 0.5) is 0 Å². The summed E-state index contributed by atoms with van der Waals surface area (Å²) in [6, 6.07) is 13.1. The van der Waals surface area contributed by atoms with Crippen LogP contribution >= 0.6 is 0 Å². The molecule has 0 bridgehead atoms. The molecule has 0 saturated heterocycles. The van der Waals surface area contributed by atoms with Crippen LogP contribution in [0.3, 0.4) is 0 Å². The molecule has 19 heavy (non-hydrogen) atoms. The van der Waals surface area contributed by atoms with Crippen LogP contribution in [0, 0.1) is 6.92 Å². The summed E-state index contributed by atoms with van der Waals surface area (Å²) in [5, 5.41) is 9.14. The molecule has 0 saturated carbocycles. The van der Waals surface area contributed by atoms with E-state index in [0.717, 1.165) is 11.1 Å². The van der Waals surface area contributed by atoms with E-state index in [0.29, 0.717) is 0 Å². The van der Waals surface area contributed by atoms with Crippen molar-refractivity contribution in [2.45, 2.75) is 18.4 Å². The Labute approximate surface area is 112 Å². The maximum absolute atomic E-state index is 12.0. The van der Waals surface area contributed by atoms with E-state index in [1.807, 2.05) is 31.2 Å². The first kappa shape index (κ1) is 13.6. The Morgan fingerprint density at radius 1 is 1.00 bits per heavy atom. The Kier molecular flexibility index (Phi) is 3.87. The summed E-state index contributed by atoms with van der Waals surface area (Å²) < 4.78 is 26.5. The van der Waals surface area contributed by atoms with Crippen molar-refractivity contribution in [3.63, 3.8) is 0 Å². The maximum atomic E-state index is 12.0. The first-order valence-corrected chi connectivity index (χ1v) is 7.30. The number of nitrogens with one attached hydrogen (secondary N) is 1. The number of benzene rings is 2. The van der Waals surface area contributed by atoms with Crippen LogP contribution in [0.2, 0.25) is 0 Å². The van der Waals surface area contributed by atoms with Gasteiger partial charge in [-0.15, -0.1) is 0 Å². The molecule has 0 aliphatic carbocycles. The molecule has 0 unspecified atom stereocenters. The van der Waals surface area contributed by atoms with Crippen LogP contribution in [-0.4, -0.2) is 13.5 Å². The minimum absolute atomic E-state index is 0.0393. The van der Waals surface area contributed by atoms with E-state index >= 15 is 0 Å². The zero-order chi connectivity index (χ0) is 13.9. The molecular weight excluding hydrogens is 262 g/mol. The molecule has 0 radical (unpaired) electrons. The summed E-state index contributed by atoms with van der Waals surface area (Å²) in [4.78, 5) is 0.136. The lowest BCUT2D eigenvalue weighted by Gasteiger charge is -2.07. The predicted octanol–water partition coefficient (Wildman–Crippen LogP) is 2.18. The van der Waals surface area contributed by atoms with Crippen LogP contribution < -0.4 is 4.72 Å². The van der Waals surface area contributed by atoms with Gasteiger partial charge in [0.2, 0.25) is 10.0 Å². The summed E-state index contributed by atoms with van der Waals surface area (Å²) in [6.07, 6.45) is 0. The average molecular weight is 277 g/mol. The number of aromatic hydroxyl groups is 1. The lowest BCUT2D eigenvalue weighted by atomic mass is 10.2. The van der Waals surface area contributed by atoms with Gasteiger partial charge in [-0.3, -0.25) is 0 Å². The van der Waals surface area contributed by atoms with Crippen LogP contribution in [0.1, 0.15) is 11.1 Å². The molecule has 0 aliphatic heterocycles. The largest absolute Gasteiger partial charge is 0.508 e. The second-order valence-electron chi connectivity index (χ2n) is 4.30. The van der Waals surface area contributed by atoms with Gasteiger partial charge < -0.3 is 5.11 Å². The van der Waals surface area contributed by atoms with Gasteiger partial charge in [0, 0.05) is 6.54 Å². The molecule has 0 heterocycles. The van der Waals surface area contributed by atoms with E-state index in [-0.39, 0.29) is 17.2 Å². The average Bonchev–Trinajstić information content (AvgIpc) is 2.39. The van der Waals surface area contributed by atoms with Crippen molar-refractivity contribution in [2.24, 2.45) is 0 Å². The SMILES string of the molecule is Cc1ccc(CNS(=O)(=O)c2ccc(O)cc2)cc1. The Balaban J connectivity index is 2.09. The van der Waals surface area contributed by atoms with E-state index < -0.39 is 10.0 Å². The molecule has 0 aliphatic rings. The number of hydrogen-bond donors (Lipinski definition) is 2. The Hall–Kier alpha value is -1.85. The molecule has 5 heteroatoms. The topological polar surface area (TPSA) is 66.4 Å². The first-order chi connectivity index (χ1) is 8.97. The summed E-state index contributed by atoms with van der Waals surface area (Å²) >= 11 is 0. The van der Waals surface area contributed by atoms with E-state index in [2.05, 4.69) is 4.72 Å². The Morgan fingerprint density at radius 2 is 1.58 bits per heavy atom. The van der Waals surface area contributed by atoms with Crippen LogP contribution in [0.15, 0.2) is 53.4 Å². The quantitative estimate of drug-likeness (QED) is 0.900. The molecule has 2 aromatic carbocycles. The summed E-state index contributed by atoms with van der Waals surface area (Å²) in [5.74, 6) is 0.0393. The second kappa shape index (κ2) is 5.42. The van der Waals surface area contributed by atoms with Gasteiger partial charge in [-0.25, -0.2) is 13.1 Å². The van der Waals surface area contributed by atoms with Crippen molar-refractivity contribution in [2.75, 3.05) is 0 Å². The lowest BCUT2D eigenvalue weighted by molar-refractivity contribution is 0.474. The van der Waals surface area contributed by atoms with Gasteiger partial charge in [0.15, 0.2) is 0 Å². The third kappa shape index (κ3) is 3.56. The molecule has 0 spiro atoms. The van der Waals surface area contributed by atoms with Gasteiger partial charge in [-0.2, -0.15) is 0 Å². The Morgan fingerprint density at radius 3 is 2.16 bits per heavy atom. The first-order valence-electron chi connectivity index (χ1n) is 5.82. The van der Waals surface area contributed by atoms with Gasteiger partial charge in [0.25, 0.3) is 0 Å². The van der Waals surface area contributed by atoms with E-state index in [1.54, 1.807) is 0 Å². The van der Waals surface area contributed by atoms with Crippen molar-refractivity contribution in [1.29, 1.82) is 0 Å². The van der Waals surface area contributed by atoms with Crippen LogP contribution in [0.25, 0.3) is 0 Å². The van der Waals surface area contributed by atoms with Gasteiger partial charge in [0.05, 0.1) is 4.90 Å². The molecule has 2 rings (SSSR count). The zero-order valence-corrected chi connectivity index (χ0v) is 11.3. The fourth-order valence-electron chi connectivity index (χ4n) is 1.59. The molecule has 0 atom stereocenters. The minimum atomic E-state index is -3.55. The molecular formula is C14H15NO3S. The van der Waals surface area contributed by atoms with Crippen molar-refractivity contribution in [3.8, 4) is 5.75 Å². The minimum Gasteiger partial charge on any atom is -0.508 e. The highest BCUT2D eigenvalue weighted by Gasteiger charge is 2.13. The molecule has 0 aromatic heterocycles.